The second-order valence-corrected chi connectivity index (χ2v) is 2.57. The Hall–Kier alpha value is -1.10. The van der Waals surface area contributed by atoms with E-state index in [9.17, 15) is 4.79 Å². The zero-order valence-corrected chi connectivity index (χ0v) is 6.66. The van der Waals surface area contributed by atoms with E-state index in [-0.39, 0.29) is 18.4 Å². The summed E-state index contributed by atoms with van der Waals surface area (Å²) < 4.78 is 0. The molecule has 1 rings (SSSR count). The van der Waals surface area contributed by atoms with Gasteiger partial charge in [0.05, 0.1) is 12.6 Å². The zero-order chi connectivity index (χ0) is 8.81. The van der Waals surface area contributed by atoms with Crippen molar-refractivity contribution >= 4 is 5.78 Å². The van der Waals surface area contributed by atoms with Gasteiger partial charge in [-0.2, -0.15) is 0 Å². The van der Waals surface area contributed by atoms with Crippen LogP contribution in [0.5, 0.6) is 0 Å². The molecule has 0 bridgehead atoms. The van der Waals surface area contributed by atoms with E-state index in [0.29, 0.717) is 6.54 Å². The lowest BCUT2D eigenvalue weighted by Gasteiger charge is -2.22. The maximum absolute atomic E-state index is 11.2. The fourth-order valence-corrected chi connectivity index (χ4v) is 1.09. The van der Waals surface area contributed by atoms with Gasteiger partial charge in [-0.25, -0.2) is 0 Å². The van der Waals surface area contributed by atoms with E-state index in [4.69, 9.17) is 5.53 Å². The van der Waals surface area contributed by atoms with Crippen molar-refractivity contribution in [1.29, 1.82) is 0 Å². The van der Waals surface area contributed by atoms with Gasteiger partial charge in [-0.3, -0.25) is 4.79 Å². The van der Waals surface area contributed by atoms with Crippen LogP contribution in [0.4, 0.5) is 0 Å². The third kappa shape index (κ3) is 2.50. The van der Waals surface area contributed by atoms with Gasteiger partial charge in [0.2, 0.25) is 0 Å². The van der Waals surface area contributed by atoms with Crippen molar-refractivity contribution < 1.29 is 4.79 Å². The van der Waals surface area contributed by atoms with Crippen molar-refractivity contribution in [2.75, 3.05) is 26.2 Å². The van der Waals surface area contributed by atoms with Gasteiger partial charge in [-0.05, 0) is 5.53 Å². The first-order chi connectivity index (χ1) is 5.84. The summed E-state index contributed by atoms with van der Waals surface area (Å²) in [5.74, 6) is -0.0556. The summed E-state index contributed by atoms with van der Waals surface area (Å²) in [6, 6.07) is -0.191. The van der Waals surface area contributed by atoms with Crippen molar-refractivity contribution in [3.05, 3.63) is 10.4 Å². The van der Waals surface area contributed by atoms with E-state index in [1.807, 2.05) is 0 Å². The molecule has 0 aromatic rings. The molecule has 1 aliphatic heterocycles. The van der Waals surface area contributed by atoms with E-state index in [0.717, 1.165) is 13.1 Å². The highest BCUT2D eigenvalue weighted by atomic mass is 16.1. The molecule has 6 heteroatoms. The van der Waals surface area contributed by atoms with Crippen LogP contribution in [0.3, 0.4) is 0 Å². The molecule has 0 aromatic carbocycles. The van der Waals surface area contributed by atoms with Gasteiger partial charge in [0.15, 0.2) is 5.78 Å². The van der Waals surface area contributed by atoms with Gasteiger partial charge >= 0.3 is 0 Å². The predicted molar refractivity (Wildman–Crippen MR) is 43.7 cm³/mol. The number of hydrogen-bond donors (Lipinski definition) is 2. The summed E-state index contributed by atoms with van der Waals surface area (Å²) in [5.41, 5.74) is 7.98. The fourth-order valence-electron chi connectivity index (χ4n) is 1.09. The third-order valence-corrected chi connectivity index (χ3v) is 1.72. The van der Waals surface area contributed by atoms with Crippen LogP contribution in [0.2, 0.25) is 0 Å². The first kappa shape index (κ1) is 8.99. The smallest absolute Gasteiger partial charge is 0.156 e. The molecule has 6 nitrogen and oxygen atoms in total. The lowest BCUT2D eigenvalue weighted by molar-refractivity contribution is -0.119. The first-order valence-electron chi connectivity index (χ1n) is 3.82. The highest BCUT2D eigenvalue weighted by Crippen LogP contribution is 1.90. The van der Waals surface area contributed by atoms with Gasteiger partial charge in [0.25, 0.3) is 0 Å². The summed E-state index contributed by atoms with van der Waals surface area (Å²) in [6.07, 6.45) is 0. The van der Waals surface area contributed by atoms with Crippen LogP contribution in [-0.4, -0.2) is 38.0 Å². The number of carbonyl (C=O) groups is 1. The monoisotopic (exact) mass is 169 g/mol. The Morgan fingerprint density at radius 1 is 1.67 bits per heavy atom. The SMILES string of the molecule is [N-]=[N+]=NCC(=O)C1CNCCN1. The molecular weight excluding hydrogens is 158 g/mol. The van der Waals surface area contributed by atoms with Gasteiger partial charge in [-0.1, -0.05) is 5.11 Å². The zero-order valence-electron chi connectivity index (χ0n) is 6.66. The molecule has 1 aliphatic rings. The number of carbonyl (C=O) groups excluding carboxylic acids is 1. The average molecular weight is 169 g/mol. The first-order valence-corrected chi connectivity index (χ1v) is 3.82. The van der Waals surface area contributed by atoms with Crippen LogP contribution in [0, 0.1) is 0 Å². The normalized spacial score (nSPS) is 22.8. The molecule has 1 fully saturated rings. The molecule has 0 aliphatic carbocycles. The number of ketones is 1. The van der Waals surface area contributed by atoms with Crippen LogP contribution in [0.1, 0.15) is 0 Å². The summed E-state index contributed by atoms with van der Waals surface area (Å²) in [5, 5.41) is 9.32. The van der Waals surface area contributed by atoms with E-state index >= 15 is 0 Å². The summed E-state index contributed by atoms with van der Waals surface area (Å²) in [7, 11) is 0. The Bertz CT molecular complexity index is 204. The van der Waals surface area contributed by atoms with Crippen molar-refractivity contribution in [1.82, 2.24) is 10.6 Å². The fraction of sp³-hybridized carbons (Fsp3) is 0.833. The molecule has 0 aromatic heterocycles. The molecule has 12 heavy (non-hydrogen) atoms. The summed E-state index contributed by atoms with van der Waals surface area (Å²) in [6.45, 7) is 2.23. The Balaban J connectivity index is 2.34. The van der Waals surface area contributed by atoms with Crippen molar-refractivity contribution in [3.8, 4) is 0 Å². The van der Waals surface area contributed by atoms with Crippen molar-refractivity contribution in [2.24, 2.45) is 5.11 Å². The quantitative estimate of drug-likeness (QED) is 0.336. The Morgan fingerprint density at radius 2 is 2.50 bits per heavy atom. The highest BCUT2D eigenvalue weighted by molar-refractivity contribution is 5.86. The number of rotatable bonds is 3. The molecule has 66 valence electrons. The van der Waals surface area contributed by atoms with E-state index < -0.39 is 0 Å². The topological polar surface area (TPSA) is 89.9 Å². The number of hydrogen-bond acceptors (Lipinski definition) is 4. The van der Waals surface area contributed by atoms with Gasteiger partial charge < -0.3 is 10.6 Å². The van der Waals surface area contributed by atoms with Crippen LogP contribution in [0.25, 0.3) is 10.4 Å². The highest BCUT2D eigenvalue weighted by Gasteiger charge is 2.18. The van der Waals surface area contributed by atoms with Crippen LogP contribution < -0.4 is 10.6 Å². The molecular formula is C6H11N5O. The standard InChI is InChI=1S/C6H11N5O/c7-11-10-4-6(12)5-3-8-1-2-9-5/h5,8-9H,1-4H2. The molecule has 1 heterocycles. The molecule has 0 spiro atoms. The number of nitrogens with zero attached hydrogens (tertiary/aromatic N) is 3. The van der Waals surface area contributed by atoms with Gasteiger partial charge in [0.1, 0.15) is 0 Å². The second-order valence-electron chi connectivity index (χ2n) is 2.57. The number of nitrogens with one attached hydrogen (secondary N) is 2. The Kier molecular flexibility index (Phi) is 3.53. The average Bonchev–Trinajstić information content (AvgIpc) is 2.15. The second kappa shape index (κ2) is 4.71. The lowest BCUT2D eigenvalue weighted by atomic mass is 10.1. The minimum Gasteiger partial charge on any atom is -0.313 e. The number of azide groups is 1. The molecule has 1 saturated heterocycles. The third-order valence-electron chi connectivity index (χ3n) is 1.72. The van der Waals surface area contributed by atoms with Crippen LogP contribution in [0.15, 0.2) is 5.11 Å². The number of Topliss-reactive ketones (excluding diaryl/α,β-unsaturated/α-hetero) is 1. The Morgan fingerprint density at radius 3 is 3.08 bits per heavy atom. The maximum atomic E-state index is 11.2. The van der Waals surface area contributed by atoms with Crippen LogP contribution >= 0.6 is 0 Å². The largest absolute Gasteiger partial charge is 0.313 e. The van der Waals surface area contributed by atoms with E-state index in [1.165, 1.54) is 0 Å². The molecule has 0 radical (unpaired) electrons. The Labute approximate surface area is 70.0 Å². The molecule has 2 N–H and O–H groups in total. The van der Waals surface area contributed by atoms with E-state index in [1.54, 1.807) is 0 Å². The van der Waals surface area contributed by atoms with Gasteiger partial charge in [-0.15, -0.1) is 0 Å². The lowest BCUT2D eigenvalue weighted by Crippen LogP contribution is -2.52. The van der Waals surface area contributed by atoms with E-state index in [2.05, 4.69) is 20.7 Å². The molecule has 0 saturated carbocycles. The molecule has 1 atom stereocenters. The van der Waals surface area contributed by atoms with Crippen molar-refractivity contribution in [2.45, 2.75) is 6.04 Å². The minimum atomic E-state index is -0.191. The van der Waals surface area contributed by atoms with Gasteiger partial charge in [0, 0.05) is 24.5 Å². The molecule has 1 unspecified atom stereocenters. The summed E-state index contributed by atoms with van der Waals surface area (Å²) in [4.78, 5) is 13.7. The van der Waals surface area contributed by atoms with Crippen LogP contribution in [-0.2, 0) is 4.79 Å². The minimum absolute atomic E-state index is 0.0556. The molecule has 0 amide bonds. The predicted octanol–water partition coefficient (Wildman–Crippen LogP) is -0.573. The van der Waals surface area contributed by atoms with Crippen molar-refractivity contribution in [3.63, 3.8) is 0 Å². The maximum Gasteiger partial charge on any atom is 0.156 e. The summed E-state index contributed by atoms with van der Waals surface area (Å²) >= 11 is 0. The number of piperazine rings is 1.